The molecule has 1 aliphatic carbocycles. The first-order valence-electron chi connectivity index (χ1n) is 15.7. The summed E-state index contributed by atoms with van der Waals surface area (Å²) in [6.45, 7) is 2.94. The number of carbonyl (C=O) groups is 8. The van der Waals surface area contributed by atoms with E-state index in [1.54, 1.807) is 0 Å². The number of halogens is 6. The summed E-state index contributed by atoms with van der Waals surface area (Å²) in [5.74, 6) is -8.74. The van der Waals surface area contributed by atoms with Gasteiger partial charge in [-0.25, -0.2) is 9.59 Å². The molecule has 0 unspecified atom stereocenters. The molecule has 0 fully saturated rings. The number of carboxylic acid groups (broad SMARTS) is 2. The number of aliphatic carboxylic acids is 2. The summed E-state index contributed by atoms with van der Waals surface area (Å²) >= 11 is 0. The third-order valence-electron chi connectivity index (χ3n) is 7.09. The summed E-state index contributed by atoms with van der Waals surface area (Å²) in [5, 5.41) is 43.1. The van der Waals surface area contributed by atoms with Crippen LogP contribution in [0.4, 0.5) is 26.3 Å². The molecule has 1 aliphatic rings. The van der Waals surface area contributed by atoms with E-state index in [2.05, 4.69) is 21.3 Å². The van der Waals surface area contributed by atoms with Crippen LogP contribution in [0.3, 0.4) is 0 Å². The predicted molar refractivity (Wildman–Crippen MR) is 177 cm³/mol. The standard InChI is InChI=1S/C28H34N6O8.2C2HF3O2/c1-13(35)21(29)27(41)33-9-7-31-25(39)15-3-5-17-19(11-15)24(38)20-12-16(4-6-18(20)23(17)37)26(40)32-8-10-34-28(42)22(30)14(2)36;2*3-2(4,5)1(6)7/h3-6,11-14,21-22,35-36H,7-10,29-30H2,1-2H3,(H,31,39)(H,32,40)(H,33,41)(H,34,42);2*(H,6,7)/t13-,14-,21+,22+;;/m1../s1. The topological polar surface area (TPSA) is 318 Å². The number of nitrogens with one attached hydrogen (secondary N) is 4. The van der Waals surface area contributed by atoms with Crippen molar-refractivity contribution >= 4 is 47.1 Å². The monoisotopic (exact) mass is 810 g/mol. The van der Waals surface area contributed by atoms with Gasteiger partial charge in [-0.05, 0) is 50.2 Å². The van der Waals surface area contributed by atoms with Crippen LogP contribution in [0.1, 0.15) is 66.4 Å². The molecule has 12 N–H and O–H groups in total. The maximum absolute atomic E-state index is 13.3. The summed E-state index contributed by atoms with van der Waals surface area (Å²) < 4.78 is 63.5. The van der Waals surface area contributed by atoms with Gasteiger partial charge in [0.15, 0.2) is 11.6 Å². The highest BCUT2D eigenvalue weighted by molar-refractivity contribution is 6.29. The Kier molecular flexibility index (Phi) is 17.7. The van der Waals surface area contributed by atoms with Crippen molar-refractivity contribution in [1.82, 2.24) is 21.3 Å². The molecule has 0 heterocycles. The molecule has 2 aromatic rings. The molecule has 3 rings (SSSR count). The third kappa shape index (κ3) is 14.3. The lowest BCUT2D eigenvalue weighted by Gasteiger charge is -2.19. The number of nitrogens with two attached hydrogens (primary N) is 2. The van der Waals surface area contributed by atoms with E-state index in [-0.39, 0.29) is 59.6 Å². The van der Waals surface area contributed by atoms with E-state index in [0.29, 0.717) is 0 Å². The average Bonchev–Trinajstić information content (AvgIpc) is 3.12. The van der Waals surface area contributed by atoms with Crippen LogP contribution in [0.5, 0.6) is 0 Å². The number of amides is 4. The molecule has 24 heteroatoms. The van der Waals surface area contributed by atoms with E-state index in [4.69, 9.17) is 31.3 Å². The Morgan fingerprint density at radius 1 is 0.571 bits per heavy atom. The summed E-state index contributed by atoms with van der Waals surface area (Å²) in [6.07, 6.45) is -12.2. The van der Waals surface area contributed by atoms with Gasteiger partial charge in [0.25, 0.3) is 11.8 Å². The van der Waals surface area contributed by atoms with Crippen molar-refractivity contribution in [3.8, 4) is 0 Å². The van der Waals surface area contributed by atoms with Crippen LogP contribution >= 0.6 is 0 Å². The first kappa shape index (κ1) is 48.0. The van der Waals surface area contributed by atoms with Crippen LogP contribution in [-0.2, 0) is 19.2 Å². The fraction of sp³-hybridized carbons (Fsp3) is 0.375. The van der Waals surface area contributed by atoms with E-state index >= 15 is 0 Å². The minimum absolute atomic E-state index is 0.00563. The highest BCUT2D eigenvalue weighted by Crippen LogP contribution is 2.29. The van der Waals surface area contributed by atoms with Crippen molar-refractivity contribution in [2.75, 3.05) is 26.2 Å². The molecule has 56 heavy (non-hydrogen) atoms. The predicted octanol–water partition coefficient (Wildman–Crippen LogP) is -1.16. The molecule has 0 aliphatic heterocycles. The zero-order valence-electron chi connectivity index (χ0n) is 29.1. The number of alkyl halides is 6. The Morgan fingerprint density at radius 3 is 1.11 bits per heavy atom. The van der Waals surface area contributed by atoms with Crippen LogP contribution < -0.4 is 32.7 Å². The third-order valence-corrected chi connectivity index (χ3v) is 7.09. The number of carboxylic acids is 2. The van der Waals surface area contributed by atoms with Crippen LogP contribution in [0.25, 0.3) is 0 Å². The molecule has 4 amide bonds. The Hall–Kier alpha value is -5.98. The summed E-state index contributed by atoms with van der Waals surface area (Å²) in [5.41, 5.74) is 11.5. The van der Waals surface area contributed by atoms with Crippen molar-refractivity contribution in [3.63, 3.8) is 0 Å². The minimum atomic E-state index is -5.08. The largest absolute Gasteiger partial charge is 0.490 e. The SMILES string of the molecule is C[C@@H](O)[C@H](N)C(=O)NCCNC(=O)c1ccc2c(c1)C(=O)c1cc(C(=O)NCCNC(=O)[C@@H](N)[C@@H](C)O)ccc1C2=O.O=C(O)C(F)(F)F.O=C(O)C(F)(F)F. The maximum atomic E-state index is 13.3. The Bertz CT molecular complexity index is 1690. The summed E-state index contributed by atoms with van der Waals surface area (Å²) in [6, 6.07) is 5.96. The second-order valence-corrected chi connectivity index (χ2v) is 11.4. The highest BCUT2D eigenvalue weighted by Gasteiger charge is 2.39. The van der Waals surface area contributed by atoms with Gasteiger partial charge in [-0.3, -0.25) is 28.8 Å². The normalized spacial score (nSPS) is 14.0. The Morgan fingerprint density at radius 2 is 0.839 bits per heavy atom. The quantitative estimate of drug-likeness (QED) is 0.0762. The van der Waals surface area contributed by atoms with Gasteiger partial charge in [-0.15, -0.1) is 0 Å². The van der Waals surface area contributed by atoms with E-state index < -0.39 is 83.8 Å². The number of aliphatic hydroxyl groups excluding tert-OH is 2. The molecule has 0 saturated heterocycles. The van der Waals surface area contributed by atoms with Gasteiger partial charge in [0, 0.05) is 59.6 Å². The molecule has 0 spiro atoms. The number of aliphatic hydroxyl groups is 2. The molecular formula is C32H36F6N6O12. The van der Waals surface area contributed by atoms with Crippen LogP contribution in [0.15, 0.2) is 36.4 Å². The van der Waals surface area contributed by atoms with E-state index in [1.807, 2.05) is 0 Å². The molecular weight excluding hydrogens is 774 g/mol. The zero-order valence-corrected chi connectivity index (χ0v) is 29.1. The molecule has 18 nitrogen and oxygen atoms in total. The lowest BCUT2D eigenvalue weighted by molar-refractivity contribution is -0.193. The van der Waals surface area contributed by atoms with Gasteiger partial charge in [0.05, 0.1) is 12.2 Å². The number of fused-ring (bicyclic) bond motifs is 2. The van der Waals surface area contributed by atoms with E-state index in [9.17, 15) is 65.3 Å². The number of carbonyl (C=O) groups excluding carboxylic acids is 6. The number of rotatable bonds is 12. The summed E-state index contributed by atoms with van der Waals surface area (Å²) in [7, 11) is 0. The van der Waals surface area contributed by atoms with Gasteiger partial charge in [-0.2, -0.15) is 26.3 Å². The van der Waals surface area contributed by atoms with E-state index in [1.165, 1.54) is 50.2 Å². The van der Waals surface area contributed by atoms with Crippen molar-refractivity contribution in [2.24, 2.45) is 11.5 Å². The smallest absolute Gasteiger partial charge is 0.475 e. The van der Waals surface area contributed by atoms with Crippen molar-refractivity contribution in [1.29, 1.82) is 0 Å². The molecule has 0 radical (unpaired) electrons. The minimum Gasteiger partial charge on any atom is -0.475 e. The number of hydrogen-bond donors (Lipinski definition) is 10. The van der Waals surface area contributed by atoms with E-state index in [0.717, 1.165) is 0 Å². The molecule has 308 valence electrons. The molecule has 4 atom stereocenters. The fourth-order valence-electron chi connectivity index (χ4n) is 4.03. The second kappa shape index (κ2) is 20.6. The second-order valence-electron chi connectivity index (χ2n) is 11.4. The Labute approximate surface area is 311 Å². The lowest BCUT2D eigenvalue weighted by atomic mass is 9.82. The zero-order chi connectivity index (χ0) is 43.3. The molecule has 2 aromatic carbocycles. The molecule has 0 saturated carbocycles. The fourth-order valence-corrected chi connectivity index (χ4v) is 4.03. The number of ketones is 2. The van der Waals surface area contributed by atoms with Crippen molar-refractivity contribution in [2.45, 2.75) is 50.5 Å². The van der Waals surface area contributed by atoms with Gasteiger partial charge < -0.3 is 53.2 Å². The van der Waals surface area contributed by atoms with Gasteiger partial charge in [-0.1, -0.05) is 0 Å². The number of benzene rings is 2. The molecule has 0 bridgehead atoms. The average molecular weight is 811 g/mol. The van der Waals surface area contributed by atoms with Crippen LogP contribution in [0.2, 0.25) is 0 Å². The van der Waals surface area contributed by atoms with Crippen molar-refractivity contribution < 1.29 is 85.1 Å². The maximum Gasteiger partial charge on any atom is 0.490 e. The van der Waals surface area contributed by atoms with Gasteiger partial charge >= 0.3 is 24.3 Å². The van der Waals surface area contributed by atoms with Gasteiger partial charge in [0.1, 0.15) is 12.1 Å². The highest BCUT2D eigenvalue weighted by atomic mass is 19.4. The van der Waals surface area contributed by atoms with Crippen LogP contribution in [0, 0.1) is 0 Å². The first-order chi connectivity index (χ1) is 25.7. The number of hydrogen-bond acceptors (Lipinski definition) is 12. The molecule has 0 aromatic heterocycles. The van der Waals surface area contributed by atoms with Gasteiger partial charge in [0.2, 0.25) is 11.8 Å². The van der Waals surface area contributed by atoms with Crippen molar-refractivity contribution in [3.05, 3.63) is 69.8 Å². The Balaban J connectivity index is 0.000000949. The first-order valence-corrected chi connectivity index (χ1v) is 15.7. The summed E-state index contributed by atoms with van der Waals surface area (Å²) in [4.78, 5) is 93.1. The van der Waals surface area contributed by atoms with Crippen LogP contribution in [-0.4, -0.2) is 130 Å². The lowest BCUT2D eigenvalue weighted by Crippen LogP contribution is -2.48.